The third kappa shape index (κ3) is 3.54. The van der Waals surface area contributed by atoms with Crippen LogP contribution in [0.1, 0.15) is 26.3 Å². The first-order chi connectivity index (χ1) is 9.90. The van der Waals surface area contributed by atoms with Crippen molar-refractivity contribution in [2.45, 2.75) is 6.92 Å². The molecule has 0 aliphatic carbocycles. The van der Waals surface area contributed by atoms with Crippen LogP contribution in [0, 0.1) is 10.5 Å². The van der Waals surface area contributed by atoms with E-state index in [0.717, 1.165) is 3.57 Å². The van der Waals surface area contributed by atoms with Gasteiger partial charge < -0.3 is 10.4 Å². The molecule has 0 aliphatic rings. The summed E-state index contributed by atoms with van der Waals surface area (Å²) in [6.07, 6.45) is 0. The van der Waals surface area contributed by atoms with Crippen LogP contribution < -0.4 is 5.32 Å². The first-order valence-corrected chi connectivity index (χ1v) is 7.45. The number of anilines is 1. The predicted molar refractivity (Wildman–Crippen MR) is 90.3 cm³/mol. The fourth-order valence-electron chi connectivity index (χ4n) is 1.86. The van der Waals surface area contributed by atoms with Crippen LogP contribution in [-0.4, -0.2) is 17.0 Å². The Bertz CT molecular complexity index is 731. The molecule has 0 aromatic heterocycles. The van der Waals surface area contributed by atoms with E-state index in [4.69, 9.17) is 16.7 Å². The molecule has 0 radical (unpaired) electrons. The van der Waals surface area contributed by atoms with Crippen LogP contribution in [0.15, 0.2) is 36.4 Å². The third-order valence-corrected chi connectivity index (χ3v) is 3.99. The van der Waals surface area contributed by atoms with Gasteiger partial charge in [-0.05, 0) is 65.4 Å². The summed E-state index contributed by atoms with van der Waals surface area (Å²) < 4.78 is 0.887. The highest BCUT2D eigenvalue weighted by Crippen LogP contribution is 2.23. The number of nitrogens with one attached hydrogen (secondary N) is 1. The largest absolute Gasteiger partial charge is 0.478 e. The van der Waals surface area contributed by atoms with Crippen molar-refractivity contribution in [1.82, 2.24) is 0 Å². The van der Waals surface area contributed by atoms with Crippen molar-refractivity contribution in [3.8, 4) is 0 Å². The van der Waals surface area contributed by atoms with Crippen molar-refractivity contribution in [2.75, 3.05) is 5.32 Å². The molecule has 21 heavy (non-hydrogen) atoms. The number of carboxylic acid groups (broad SMARTS) is 1. The summed E-state index contributed by atoms with van der Waals surface area (Å²) in [4.78, 5) is 23.4. The van der Waals surface area contributed by atoms with Crippen molar-refractivity contribution in [3.63, 3.8) is 0 Å². The SMILES string of the molecule is Cc1c(NC(=O)c2cc(I)ccc2Cl)cccc1C(=O)O. The maximum atomic E-state index is 12.3. The molecule has 0 heterocycles. The Kier molecular flexibility index (Phi) is 4.84. The van der Waals surface area contributed by atoms with Crippen LogP contribution in [0.25, 0.3) is 0 Å². The Labute approximate surface area is 140 Å². The van der Waals surface area contributed by atoms with Gasteiger partial charge in [0.15, 0.2) is 0 Å². The lowest BCUT2D eigenvalue weighted by Gasteiger charge is -2.11. The van der Waals surface area contributed by atoms with Gasteiger partial charge in [-0.25, -0.2) is 4.79 Å². The standard InChI is InChI=1S/C15H11ClINO3/c1-8-10(15(20)21)3-2-4-13(8)18-14(19)11-7-9(17)5-6-12(11)16/h2-7H,1H3,(H,18,19)(H,20,21). The van der Waals surface area contributed by atoms with E-state index in [1.807, 2.05) is 0 Å². The number of benzene rings is 2. The van der Waals surface area contributed by atoms with Crippen molar-refractivity contribution in [1.29, 1.82) is 0 Å². The summed E-state index contributed by atoms with van der Waals surface area (Å²) >= 11 is 8.11. The fourth-order valence-corrected chi connectivity index (χ4v) is 2.56. The van der Waals surface area contributed by atoms with Crippen molar-refractivity contribution in [2.24, 2.45) is 0 Å². The molecule has 0 unspecified atom stereocenters. The van der Waals surface area contributed by atoms with Gasteiger partial charge in [0, 0.05) is 9.26 Å². The Morgan fingerprint density at radius 3 is 2.57 bits per heavy atom. The van der Waals surface area contributed by atoms with E-state index in [1.54, 1.807) is 37.3 Å². The predicted octanol–water partition coefficient (Wildman–Crippen LogP) is 4.20. The van der Waals surface area contributed by atoms with Crippen molar-refractivity contribution in [3.05, 3.63) is 61.7 Å². The molecular weight excluding hydrogens is 405 g/mol. The van der Waals surface area contributed by atoms with Gasteiger partial charge >= 0.3 is 5.97 Å². The average Bonchev–Trinajstić information content (AvgIpc) is 2.43. The van der Waals surface area contributed by atoms with E-state index in [0.29, 0.717) is 21.8 Å². The lowest BCUT2D eigenvalue weighted by Crippen LogP contribution is -2.14. The molecule has 2 rings (SSSR count). The zero-order chi connectivity index (χ0) is 15.6. The number of amides is 1. The Hall–Kier alpha value is -1.60. The number of carbonyl (C=O) groups excluding carboxylic acids is 1. The molecule has 0 spiro atoms. The van der Waals surface area contributed by atoms with E-state index < -0.39 is 5.97 Å². The smallest absolute Gasteiger partial charge is 0.336 e. The molecule has 6 heteroatoms. The maximum absolute atomic E-state index is 12.3. The van der Waals surface area contributed by atoms with E-state index in [-0.39, 0.29) is 11.5 Å². The van der Waals surface area contributed by atoms with Gasteiger partial charge in [0.2, 0.25) is 0 Å². The lowest BCUT2D eigenvalue weighted by molar-refractivity contribution is 0.0695. The number of hydrogen-bond acceptors (Lipinski definition) is 2. The van der Waals surface area contributed by atoms with Gasteiger partial charge in [0.25, 0.3) is 5.91 Å². The second-order valence-electron chi connectivity index (χ2n) is 4.36. The summed E-state index contributed by atoms with van der Waals surface area (Å²) in [5.74, 6) is -1.40. The molecule has 2 N–H and O–H groups in total. The second kappa shape index (κ2) is 6.44. The van der Waals surface area contributed by atoms with Gasteiger partial charge in [0.1, 0.15) is 0 Å². The molecule has 108 valence electrons. The first-order valence-electron chi connectivity index (χ1n) is 5.99. The number of hydrogen-bond donors (Lipinski definition) is 2. The van der Waals surface area contributed by atoms with E-state index in [9.17, 15) is 9.59 Å². The molecule has 0 fully saturated rings. The summed E-state index contributed by atoms with van der Waals surface area (Å²) in [7, 11) is 0. The molecule has 0 saturated carbocycles. The molecule has 0 bridgehead atoms. The number of rotatable bonds is 3. The Balaban J connectivity index is 2.34. The monoisotopic (exact) mass is 415 g/mol. The molecule has 2 aromatic rings. The second-order valence-corrected chi connectivity index (χ2v) is 6.01. The average molecular weight is 416 g/mol. The van der Waals surface area contributed by atoms with Crippen LogP contribution >= 0.6 is 34.2 Å². The number of aromatic carboxylic acids is 1. The molecule has 1 amide bonds. The molecule has 0 saturated heterocycles. The number of carbonyl (C=O) groups is 2. The van der Waals surface area contributed by atoms with Gasteiger partial charge in [0.05, 0.1) is 16.1 Å². The minimum Gasteiger partial charge on any atom is -0.478 e. The Morgan fingerprint density at radius 1 is 1.19 bits per heavy atom. The fraction of sp³-hybridized carbons (Fsp3) is 0.0667. The quantitative estimate of drug-likeness (QED) is 0.738. The van der Waals surface area contributed by atoms with Crippen LogP contribution in [-0.2, 0) is 0 Å². The highest BCUT2D eigenvalue weighted by Gasteiger charge is 2.15. The van der Waals surface area contributed by atoms with E-state index in [1.165, 1.54) is 6.07 Å². The molecular formula is C15H11ClINO3. The van der Waals surface area contributed by atoms with Gasteiger partial charge in [-0.3, -0.25) is 4.79 Å². The van der Waals surface area contributed by atoms with Crippen molar-refractivity contribution < 1.29 is 14.7 Å². The third-order valence-electron chi connectivity index (χ3n) is 2.99. The minimum atomic E-state index is -1.03. The first kappa shape index (κ1) is 15.8. The van der Waals surface area contributed by atoms with Gasteiger partial charge in [-0.15, -0.1) is 0 Å². The van der Waals surface area contributed by atoms with Gasteiger partial charge in [-0.2, -0.15) is 0 Å². The molecule has 0 atom stereocenters. The zero-order valence-electron chi connectivity index (χ0n) is 11.0. The molecule has 2 aromatic carbocycles. The van der Waals surface area contributed by atoms with Crippen LogP contribution in [0.2, 0.25) is 5.02 Å². The highest BCUT2D eigenvalue weighted by molar-refractivity contribution is 14.1. The number of carboxylic acids is 1. The normalized spacial score (nSPS) is 10.2. The Morgan fingerprint density at radius 2 is 1.90 bits per heavy atom. The summed E-state index contributed by atoms with van der Waals surface area (Å²) in [5, 5.41) is 12.1. The van der Waals surface area contributed by atoms with Crippen molar-refractivity contribution >= 4 is 51.8 Å². The van der Waals surface area contributed by atoms with Gasteiger partial charge in [-0.1, -0.05) is 17.7 Å². The topological polar surface area (TPSA) is 66.4 Å². The van der Waals surface area contributed by atoms with Crippen LogP contribution in [0.3, 0.4) is 0 Å². The highest BCUT2D eigenvalue weighted by atomic mass is 127. The van der Waals surface area contributed by atoms with Crippen LogP contribution in [0.4, 0.5) is 5.69 Å². The molecule has 0 aliphatic heterocycles. The summed E-state index contributed by atoms with van der Waals surface area (Å²) in [6, 6.07) is 9.86. The maximum Gasteiger partial charge on any atom is 0.336 e. The summed E-state index contributed by atoms with van der Waals surface area (Å²) in [6.45, 7) is 1.65. The minimum absolute atomic E-state index is 0.154. The summed E-state index contributed by atoms with van der Waals surface area (Å²) in [5.41, 5.74) is 1.46. The lowest BCUT2D eigenvalue weighted by atomic mass is 10.1. The van der Waals surface area contributed by atoms with Crippen LogP contribution in [0.5, 0.6) is 0 Å². The van der Waals surface area contributed by atoms with E-state index in [2.05, 4.69) is 27.9 Å². The van der Waals surface area contributed by atoms with E-state index >= 15 is 0 Å². The number of halogens is 2. The molecule has 4 nitrogen and oxygen atoms in total. The zero-order valence-corrected chi connectivity index (χ0v) is 13.9.